The fraction of sp³-hybridized carbons (Fsp3) is 0.0909. The maximum atomic E-state index is 11.3. The highest BCUT2D eigenvalue weighted by Gasteiger charge is 2.13. The number of carbonyl (C=O) groups excluding carboxylic acids is 2. The number of benzene rings is 1. The number of anilines is 1. The monoisotopic (exact) mass is 220 g/mol. The van der Waals surface area contributed by atoms with Gasteiger partial charge in [-0.05, 0) is 12.1 Å². The highest BCUT2D eigenvalue weighted by Crippen LogP contribution is 2.20. The van der Waals surface area contributed by atoms with Crippen LogP contribution < -0.4 is 10.6 Å². The van der Waals surface area contributed by atoms with Crippen molar-refractivity contribution in [2.24, 2.45) is 0 Å². The van der Waals surface area contributed by atoms with E-state index in [1.807, 2.05) is 0 Å². The van der Waals surface area contributed by atoms with E-state index >= 15 is 0 Å². The van der Waals surface area contributed by atoms with Crippen molar-refractivity contribution in [1.29, 1.82) is 0 Å². The zero-order valence-corrected chi connectivity index (χ0v) is 8.56. The van der Waals surface area contributed by atoms with Crippen molar-refractivity contribution in [3.05, 3.63) is 36.9 Å². The molecule has 0 atom stereocenters. The Kier molecular flexibility index (Phi) is 4.08. The first-order chi connectivity index (χ1) is 7.65. The minimum Gasteiger partial charge on any atom is -0.506 e. The molecule has 1 aromatic carbocycles. The van der Waals surface area contributed by atoms with Crippen LogP contribution in [0.5, 0.6) is 5.75 Å². The molecule has 0 aliphatic rings. The Morgan fingerprint density at radius 1 is 1.31 bits per heavy atom. The average Bonchev–Trinajstić information content (AvgIpc) is 2.28. The number of hydrogen-bond acceptors (Lipinski definition) is 3. The summed E-state index contributed by atoms with van der Waals surface area (Å²) in [6.45, 7) is 3.62. The van der Waals surface area contributed by atoms with Gasteiger partial charge in [0.2, 0.25) is 0 Å². The van der Waals surface area contributed by atoms with Crippen LogP contribution in [0.15, 0.2) is 36.9 Å². The van der Waals surface area contributed by atoms with Gasteiger partial charge >= 0.3 is 11.8 Å². The number of hydrogen-bond donors (Lipinski definition) is 3. The van der Waals surface area contributed by atoms with E-state index in [1.54, 1.807) is 12.1 Å². The Morgan fingerprint density at radius 3 is 2.62 bits per heavy atom. The fourth-order valence-electron chi connectivity index (χ4n) is 1.00. The molecule has 2 amide bonds. The lowest BCUT2D eigenvalue weighted by Crippen LogP contribution is -2.35. The zero-order chi connectivity index (χ0) is 12.0. The van der Waals surface area contributed by atoms with Crippen molar-refractivity contribution < 1.29 is 14.7 Å². The number of para-hydroxylation sites is 2. The summed E-state index contributed by atoms with van der Waals surface area (Å²) in [5.74, 6) is -1.70. The van der Waals surface area contributed by atoms with Gasteiger partial charge in [0.1, 0.15) is 5.75 Å². The first kappa shape index (κ1) is 11.8. The van der Waals surface area contributed by atoms with Crippen molar-refractivity contribution in [3.8, 4) is 5.75 Å². The summed E-state index contributed by atoms with van der Waals surface area (Å²) >= 11 is 0. The molecule has 0 aliphatic heterocycles. The summed E-state index contributed by atoms with van der Waals surface area (Å²) in [5, 5.41) is 14.0. The number of nitrogens with one attached hydrogen (secondary N) is 2. The second kappa shape index (κ2) is 5.55. The van der Waals surface area contributed by atoms with E-state index in [4.69, 9.17) is 0 Å². The summed E-state index contributed by atoms with van der Waals surface area (Å²) in [6.07, 6.45) is 1.46. The van der Waals surface area contributed by atoms with Crippen LogP contribution in [0.4, 0.5) is 5.69 Å². The molecule has 84 valence electrons. The van der Waals surface area contributed by atoms with Crippen LogP contribution in [0.25, 0.3) is 0 Å². The SMILES string of the molecule is C=CCNC(=O)C(=O)Nc1ccccc1O. The third-order valence-electron chi connectivity index (χ3n) is 1.77. The van der Waals surface area contributed by atoms with E-state index in [1.165, 1.54) is 18.2 Å². The van der Waals surface area contributed by atoms with E-state index < -0.39 is 11.8 Å². The van der Waals surface area contributed by atoms with Gasteiger partial charge in [-0.15, -0.1) is 6.58 Å². The zero-order valence-electron chi connectivity index (χ0n) is 8.56. The molecule has 0 bridgehead atoms. The molecule has 1 aromatic rings. The van der Waals surface area contributed by atoms with Crippen LogP contribution >= 0.6 is 0 Å². The summed E-state index contributed by atoms with van der Waals surface area (Å²) in [5.41, 5.74) is 0.196. The third-order valence-corrected chi connectivity index (χ3v) is 1.77. The Hall–Kier alpha value is -2.30. The van der Waals surface area contributed by atoms with Crippen LogP contribution in [-0.4, -0.2) is 23.5 Å². The molecular formula is C11H12N2O3. The molecule has 0 saturated carbocycles. The van der Waals surface area contributed by atoms with Gasteiger partial charge < -0.3 is 15.7 Å². The molecule has 0 heterocycles. The average molecular weight is 220 g/mol. The standard InChI is InChI=1S/C11H12N2O3/c1-2-7-12-10(15)11(16)13-8-5-3-4-6-9(8)14/h2-6,14H,1,7H2,(H,12,15)(H,13,16). The van der Waals surface area contributed by atoms with Gasteiger partial charge in [-0.2, -0.15) is 0 Å². The second-order valence-corrected chi connectivity index (χ2v) is 2.97. The lowest BCUT2D eigenvalue weighted by molar-refractivity contribution is -0.136. The first-order valence-corrected chi connectivity index (χ1v) is 4.63. The lowest BCUT2D eigenvalue weighted by atomic mass is 10.3. The predicted molar refractivity (Wildman–Crippen MR) is 59.9 cm³/mol. The van der Waals surface area contributed by atoms with Crippen molar-refractivity contribution >= 4 is 17.5 Å². The lowest BCUT2D eigenvalue weighted by Gasteiger charge is -2.06. The second-order valence-electron chi connectivity index (χ2n) is 2.97. The van der Waals surface area contributed by atoms with Crippen molar-refractivity contribution in [1.82, 2.24) is 5.32 Å². The van der Waals surface area contributed by atoms with E-state index in [2.05, 4.69) is 17.2 Å². The molecule has 0 aromatic heterocycles. The number of carbonyl (C=O) groups is 2. The molecule has 5 nitrogen and oxygen atoms in total. The summed E-state index contributed by atoms with van der Waals surface area (Å²) in [6, 6.07) is 6.16. The minimum atomic E-state index is -0.830. The van der Waals surface area contributed by atoms with Gasteiger partial charge in [-0.1, -0.05) is 18.2 Å². The van der Waals surface area contributed by atoms with Gasteiger partial charge in [-0.25, -0.2) is 0 Å². The molecule has 16 heavy (non-hydrogen) atoms. The molecule has 0 fully saturated rings. The first-order valence-electron chi connectivity index (χ1n) is 4.63. The summed E-state index contributed by atoms with van der Waals surface area (Å²) in [4.78, 5) is 22.5. The maximum Gasteiger partial charge on any atom is 0.313 e. The smallest absolute Gasteiger partial charge is 0.313 e. The van der Waals surface area contributed by atoms with Crippen LogP contribution in [0, 0.1) is 0 Å². The number of amides is 2. The fourth-order valence-corrected chi connectivity index (χ4v) is 1.00. The molecule has 0 unspecified atom stereocenters. The quantitative estimate of drug-likeness (QED) is 0.397. The normalized spacial score (nSPS) is 9.25. The number of aromatic hydroxyl groups is 1. The Morgan fingerprint density at radius 2 is 2.00 bits per heavy atom. The molecule has 5 heteroatoms. The van der Waals surface area contributed by atoms with Crippen LogP contribution in [-0.2, 0) is 9.59 Å². The highest BCUT2D eigenvalue weighted by atomic mass is 16.3. The molecule has 3 N–H and O–H groups in total. The van der Waals surface area contributed by atoms with Gasteiger partial charge in [0.15, 0.2) is 0 Å². The molecule has 0 spiro atoms. The van der Waals surface area contributed by atoms with E-state index in [9.17, 15) is 14.7 Å². The van der Waals surface area contributed by atoms with Gasteiger partial charge in [0.05, 0.1) is 5.69 Å². The molecule has 0 saturated heterocycles. The van der Waals surface area contributed by atoms with Crippen molar-refractivity contribution in [3.63, 3.8) is 0 Å². The van der Waals surface area contributed by atoms with E-state index in [-0.39, 0.29) is 18.0 Å². The van der Waals surface area contributed by atoms with Crippen LogP contribution in [0.3, 0.4) is 0 Å². The largest absolute Gasteiger partial charge is 0.506 e. The number of rotatable bonds is 3. The van der Waals surface area contributed by atoms with Crippen molar-refractivity contribution in [2.45, 2.75) is 0 Å². The van der Waals surface area contributed by atoms with Crippen LogP contribution in [0.1, 0.15) is 0 Å². The molecule has 1 rings (SSSR count). The van der Waals surface area contributed by atoms with Crippen molar-refractivity contribution in [2.75, 3.05) is 11.9 Å². The van der Waals surface area contributed by atoms with Gasteiger partial charge in [-0.3, -0.25) is 9.59 Å². The van der Waals surface area contributed by atoms with E-state index in [0.29, 0.717) is 0 Å². The Labute approximate surface area is 92.8 Å². The highest BCUT2D eigenvalue weighted by molar-refractivity contribution is 6.39. The summed E-state index contributed by atoms with van der Waals surface area (Å²) in [7, 11) is 0. The maximum absolute atomic E-state index is 11.3. The Balaban J connectivity index is 2.61. The molecular weight excluding hydrogens is 208 g/mol. The molecule has 0 radical (unpaired) electrons. The predicted octanol–water partition coefficient (Wildman–Crippen LogP) is 0.633. The molecule has 0 aliphatic carbocycles. The van der Waals surface area contributed by atoms with E-state index in [0.717, 1.165) is 0 Å². The van der Waals surface area contributed by atoms with Crippen LogP contribution in [0.2, 0.25) is 0 Å². The topological polar surface area (TPSA) is 78.4 Å². The number of phenolic OH excluding ortho intramolecular Hbond substituents is 1. The third kappa shape index (κ3) is 3.13. The minimum absolute atomic E-state index is 0.0904. The number of phenols is 1. The summed E-state index contributed by atoms with van der Waals surface area (Å²) < 4.78 is 0. The van der Waals surface area contributed by atoms with Gasteiger partial charge in [0.25, 0.3) is 0 Å². The Bertz CT molecular complexity index is 415. The van der Waals surface area contributed by atoms with Gasteiger partial charge in [0, 0.05) is 6.54 Å².